The summed E-state index contributed by atoms with van der Waals surface area (Å²) >= 11 is 11.7. The first-order valence-electron chi connectivity index (χ1n) is 11.0. The van der Waals surface area contributed by atoms with Crippen LogP contribution in [-0.2, 0) is 13.2 Å². The summed E-state index contributed by atoms with van der Waals surface area (Å²) in [5, 5.41) is 8.71. The number of piperidine rings is 1. The maximum atomic E-state index is 12.6. The molecule has 0 bridgehead atoms. The number of carbonyl (C=O) groups excluding carboxylic acids is 1. The number of carbonyl (C=O) groups is 1. The summed E-state index contributed by atoms with van der Waals surface area (Å²) in [7, 11) is 0. The molecule has 0 aliphatic carbocycles. The topological polar surface area (TPSA) is 55.1 Å². The van der Waals surface area contributed by atoms with E-state index in [-0.39, 0.29) is 11.9 Å². The molecule has 1 aromatic heterocycles. The fourth-order valence-electron chi connectivity index (χ4n) is 4.13. The summed E-state index contributed by atoms with van der Waals surface area (Å²) in [5.74, 6) is 0.868. The van der Waals surface area contributed by atoms with Crippen LogP contribution in [0.15, 0.2) is 48.5 Å². The zero-order valence-corrected chi connectivity index (χ0v) is 20.0. The van der Waals surface area contributed by atoms with Gasteiger partial charge in [0.15, 0.2) is 10.6 Å². The first-order chi connectivity index (χ1) is 15.5. The highest BCUT2D eigenvalue weighted by Gasteiger charge is 2.23. The van der Waals surface area contributed by atoms with Crippen LogP contribution in [-0.4, -0.2) is 44.3 Å². The van der Waals surface area contributed by atoms with E-state index in [0.29, 0.717) is 16.5 Å². The minimum Gasteiger partial charge on any atom is -0.349 e. The van der Waals surface area contributed by atoms with Crippen molar-refractivity contribution in [3.63, 3.8) is 0 Å². The molecule has 1 aliphatic rings. The first kappa shape index (κ1) is 22.7. The van der Waals surface area contributed by atoms with E-state index < -0.39 is 0 Å². The highest BCUT2D eigenvalue weighted by Crippen LogP contribution is 2.21. The lowest BCUT2D eigenvalue weighted by molar-refractivity contribution is 0.0895. The monoisotopic (exact) mass is 469 g/mol. The fourth-order valence-corrected chi connectivity index (χ4v) is 4.57. The number of likely N-dealkylation sites (tertiary alicyclic amines) is 1. The zero-order chi connectivity index (χ0) is 22.7. The highest BCUT2D eigenvalue weighted by atomic mass is 35.5. The molecule has 0 radical (unpaired) electrons. The minimum atomic E-state index is 0.0121. The van der Waals surface area contributed by atoms with E-state index in [0.717, 1.165) is 55.0 Å². The fraction of sp³-hybridized carbons (Fsp3) is 0.375. The van der Waals surface area contributed by atoms with Crippen molar-refractivity contribution in [2.24, 2.45) is 0 Å². The molecule has 1 aliphatic heterocycles. The summed E-state index contributed by atoms with van der Waals surface area (Å²) in [5.41, 5.74) is 2.75. The molecule has 6 nitrogen and oxygen atoms in total. The molecule has 8 heteroatoms. The Hall–Kier alpha value is -2.48. The van der Waals surface area contributed by atoms with Crippen LogP contribution >= 0.6 is 23.8 Å². The molecule has 32 heavy (non-hydrogen) atoms. The van der Waals surface area contributed by atoms with Crippen molar-refractivity contribution in [2.45, 2.75) is 45.9 Å². The van der Waals surface area contributed by atoms with Gasteiger partial charge in [0.05, 0.1) is 6.67 Å². The molecule has 1 fully saturated rings. The van der Waals surface area contributed by atoms with Crippen LogP contribution in [0.1, 0.15) is 35.7 Å². The Balaban J connectivity index is 1.39. The maximum absolute atomic E-state index is 12.6. The molecule has 1 N–H and O–H groups in total. The Morgan fingerprint density at radius 2 is 1.84 bits per heavy atom. The largest absolute Gasteiger partial charge is 0.349 e. The molecule has 2 aromatic carbocycles. The average molecular weight is 470 g/mol. The third kappa shape index (κ3) is 4.95. The predicted octanol–water partition coefficient (Wildman–Crippen LogP) is 4.91. The standard InChI is InChI=1S/C24H28ClN5OS/c1-3-29-22(18-8-10-19(25)11-9-18)27-30(24(29)32)16-28-14-12-20(13-15-28)26-23(31)21-7-5-4-6-17(21)2/h4-11,20H,3,12-16H2,1-2H3,(H,26,31). The smallest absolute Gasteiger partial charge is 0.251 e. The number of amides is 1. The van der Waals surface area contributed by atoms with Gasteiger partial charge in [0.25, 0.3) is 5.91 Å². The second kappa shape index (κ2) is 9.98. The van der Waals surface area contributed by atoms with E-state index in [1.165, 1.54) is 0 Å². The van der Waals surface area contributed by atoms with Gasteiger partial charge in [-0.15, -0.1) is 0 Å². The van der Waals surface area contributed by atoms with Gasteiger partial charge in [-0.25, -0.2) is 4.68 Å². The van der Waals surface area contributed by atoms with Gasteiger partial charge in [-0.2, -0.15) is 5.10 Å². The van der Waals surface area contributed by atoms with Crippen LogP contribution in [0.25, 0.3) is 11.4 Å². The van der Waals surface area contributed by atoms with Gasteiger partial charge >= 0.3 is 0 Å². The van der Waals surface area contributed by atoms with Crippen LogP contribution in [0.3, 0.4) is 0 Å². The lowest BCUT2D eigenvalue weighted by atomic mass is 10.0. The molecule has 0 atom stereocenters. The van der Waals surface area contributed by atoms with Gasteiger partial charge in [0, 0.05) is 41.8 Å². The number of nitrogens with zero attached hydrogens (tertiary/aromatic N) is 4. The molecule has 2 heterocycles. The van der Waals surface area contributed by atoms with Crippen molar-refractivity contribution in [3.05, 3.63) is 69.5 Å². The summed E-state index contributed by atoms with van der Waals surface area (Å²) in [4.78, 5) is 15.0. The third-order valence-electron chi connectivity index (χ3n) is 5.99. The second-order valence-corrected chi connectivity index (χ2v) is 8.98. The number of benzene rings is 2. The zero-order valence-electron chi connectivity index (χ0n) is 18.4. The van der Waals surface area contributed by atoms with Crippen LogP contribution in [0.5, 0.6) is 0 Å². The van der Waals surface area contributed by atoms with Gasteiger partial charge in [-0.3, -0.25) is 9.69 Å². The van der Waals surface area contributed by atoms with Gasteiger partial charge in [-0.05, 0) is 74.8 Å². The van der Waals surface area contributed by atoms with Gasteiger partial charge in [0.1, 0.15) is 0 Å². The predicted molar refractivity (Wildman–Crippen MR) is 130 cm³/mol. The van der Waals surface area contributed by atoms with E-state index >= 15 is 0 Å². The Bertz CT molecular complexity index is 1150. The van der Waals surface area contributed by atoms with E-state index in [1.54, 1.807) is 0 Å². The van der Waals surface area contributed by atoms with Crippen LogP contribution in [0.4, 0.5) is 0 Å². The van der Waals surface area contributed by atoms with Crippen molar-refractivity contribution in [1.29, 1.82) is 0 Å². The summed E-state index contributed by atoms with van der Waals surface area (Å²) < 4.78 is 4.66. The lowest BCUT2D eigenvalue weighted by Crippen LogP contribution is -2.45. The molecular weight excluding hydrogens is 442 g/mol. The number of hydrogen-bond acceptors (Lipinski definition) is 4. The van der Waals surface area contributed by atoms with Gasteiger partial charge in [0.2, 0.25) is 0 Å². The lowest BCUT2D eigenvalue weighted by Gasteiger charge is -2.32. The van der Waals surface area contributed by atoms with Crippen LogP contribution < -0.4 is 5.32 Å². The molecule has 4 rings (SSSR count). The van der Waals surface area contributed by atoms with E-state index in [9.17, 15) is 4.79 Å². The van der Waals surface area contributed by atoms with Crippen molar-refractivity contribution in [1.82, 2.24) is 24.6 Å². The molecule has 168 valence electrons. The number of rotatable bonds is 6. The highest BCUT2D eigenvalue weighted by molar-refractivity contribution is 7.71. The summed E-state index contributed by atoms with van der Waals surface area (Å²) in [6.45, 7) is 7.21. The van der Waals surface area contributed by atoms with Gasteiger partial charge in [-0.1, -0.05) is 29.8 Å². The Morgan fingerprint density at radius 1 is 1.16 bits per heavy atom. The number of hydrogen-bond donors (Lipinski definition) is 1. The van der Waals surface area contributed by atoms with Crippen molar-refractivity contribution in [3.8, 4) is 11.4 Å². The first-order valence-corrected chi connectivity index (χ1v) is 11.8. The van der Waals surface area contributed by atoms with E-state index in [2.05, 4.69) is 17.1 Å². The Kier molecular flexibility index (Phi) is 7.08. The quantitative estimate of drug-likeness (QED) is 0.521. The SMILES string of the molecule is CCn1c(-c2ccc(Cl)cc2)nn(CN2CCC(NC(=O)c3ccccc3C)CC2)c1=S. The molecule has 3 aromatic rings. The van der Waals surface area contributed by atoms with Crippen molar-refractivity contribution >= 4 is 29.7 Å². The average Bonchev–Trinajstić information content (AvgIpc) is 3.11. The minimum absolute atomic E-state index is 0.0121. The maximum Gasteiger partial charge on any atom is 0.251 e. The molecule has 0 unspecified atom stereocenters. The third-order valence-corrected chi connectivity index (χ3v) is 6.67. The van der Waals surface area contributed by atoms with Crippen molar-refractivity contribution in [2.75, 3.05) is 13.1 Å². The number of aromatic nitrogens is 3. The molecule has 0 saturated carbocycles. The molecule has 0 spiro atoms. The molecular formula is C24H28ClN5OS. The van der Waals surface area contributed by atoms with Gasteiger partial charge < -0.3 is 9.88 Å². The molecule has 1 saturated heterocycles. The van der Waals surface area contributed by atoms with Crippen molar-refractivity contribution < 1.29 is 4.79 Å². The number of aryl methyl sites for hydroxylation is 1. The number of nitrogens with one attached hydrogen (secondary N) is 1. The number of halogens is 1. The normalized spacial score (nSPS) is 15.1. The Labute approximate surface area is 198 Å². The van der Waals surface area contributed by atoms with E-state index in [4.69, 9.17) is 28.9 Å². The molecule has 1 amide bonds. The van der Waals surface area contributed by atoms with Crippen LogP contribution in [0.2, 0.25) is 5.02 Å². The van der Waals surface area contributed by atoms with E-state index in [1.807, 2.05) is 64.7 Å². The Morgan fingerprint density at radius 3 is 2.50 bits per heavy atom. The van der Waals surface area contributed by atoms with Crippen LogP contribution in [0, 0.1) is 11.7 Å². The summed E-state index contributed by atoms with van der Waals surface area (Å²) in [6.07, 6.45) is 1.81. The summed E-state index contributed by atoms with van der Waals surface area (Å²) in [6, 6.07) is 15.6. The second-order valence-electron chi connectivity index (χ2n) is 8.18.